The molecule has 0 saturated heterocycles. The monoisotopic (exact) mass is 407 g/mol. The maximum absolute atomic E-state index is 12.5. The lowest BCUT2D eigenvalue weighted by atomic mass is 9.92. The minimum Gasteiger partial charge on any atom is -0.496 e. The Morgan fingerprint density at radius 3 is 2.64 bits per heavy atom. The van der Waals surface area contributed by atoms with Crippen LogP contribution in [0.3, 0.4) is 0 Å². The van der Waals surface area contributed by atoms with Gasteiger partial charge in [-0.2, -0.15) is 5.26 Å². The molecule has 1 aromatic rings. The molecule has 0 bridgehead atoms. The second-order valence-corrected chi connectivity index (χ2v) is 7.70. The first-order valence-electron chi connectivity index (χ1n) is 8.71. The van der Waals surface area contributed by atoms with E-state index < -0.39 is 5.54 Å². The maximum Gasteiger partial charge on any atom is 0.235 e. The van der Waals surface area contributed by atoms with E-state index in [4.69, 9.17) is 4.74 Å². The molecule has 5 nitrogen and oxygen atoms in total. The molecule has 1 aliphatic carbocycles. The Balaban J connectivity index is 1.96. The first kappa shape index (κ1) is 19.7. The van der Waals surface area contributed by atoms with Crippen molar-refractivity contribution in [3.63, 3.8) is 0 Å². The van der Waals surface area contributed by atoms with Crippen LogP contribution in [0.2, 0.25) is 0 Å². The predicted octanol–water partition coefficient (Wildman–Crippen LogP) is 3.62. The molecule has 0 atom stereocenters. The summed E-state index contributed by atoms with van der Waals surface area (Å²) in [5, 5.41) is 12.6. The highest BCUT2D eigenvalue weighted by atomic mass is 79.9. The first-order chi connectivity index (χ1) is 12.0. The lowest BCUT2D eigenvalue weighted by Gasteiger charge is -2.27. The smallest absolute Gasteiger partial charge is 0.235 e. The summed E-state index contributed by atoms with van der Waals surface area (Å²) in [5.41, 5.74) is 0.318. The van der Waals surface area contributed by atoms with Crippen molar-refractivity contribution in [1.82, 2.24) is 10.2 Å². The van der Waals surface area contributed by atoms with E-state index in [1.54, 1.807) is 7.11 Å². The number of nitrogens with one attached hydrogen (secondary N) is 1. The molecule has 0 spiro atoms. The molecule has 1 saturated carbocycles. The van der Waals surface area contributed by atoms with Crippen LogP contribution in [0.15, 0.2) is 22.7 Å². The van der Waals surface area contributed by atoms with Crippen molar-refractivity contribution in [3.8, 4) is 11.8 Å². The van der Waals surface area contributed by atoms with Gasteiger partial charge in [-0.15, -0.1) is 0 Å². The third-order valence-corrected chi connectivity index (χ3v) is 5.14. The normalized spacial score (nSPS) is 16.8. The summed E-state index contributed by atoms with van der Waals surface area (Å²) in [4.78, 5) is 14.4. The van der Waals surface area contributed by atoms with E-state index in [2.05, 4.69) is 27.3 Å². The summed E-state index contributed by atoms with van der Waals surface area (Å²) in [6.07, 6.45) is 5.78. The van der Waals surface area contributed by atoms with Crippen molar-refractivity contribution in [2.75, 3.05) is 20.7 Å². The van der Waals surface area contributed by atoms with Gasteiger partial charge < -0.3 is 10.1 Å². The molecule has 136 valence electrons. The summed E-state index contributed by atoms with van der Waals surface area (Å²) in [7, 11) is 3.54. The minimum atomic E-state index is -0.693. The predicted molar refractivity (Wildman–Crippen MR) is 101 cm³/mol. The number of hydrogen-bond acceptors (Lipinski definition) is 4. The largest absolute Gasteiger partial charge is 0.496 e. The number of likely N-dealkylation sites (N-methyl/N-ethyl adjacent to an activating group) is 1. The van der Waals surface area contributed by atoms with Gasteiger partial charge in [-0.1, -0.05) is 41.6 Å². The van der Waals surface area contributed by atoms with E-state index in [0.717, 1.165) is 54.3 Å². The topological polar surface area (TPSA) is 65.4 Å². The zero-order valence-electron chi connectivity index (χ0n) is 15.0. The molecule has 2 rings (SSSR count). The average molecular weight is 408 g/mol. The van der Waals surface area contributed by atoms with Crippen LogP contribution in [0.5, 0.6) is 5.75 Å². The number of carbonyl (C=O) groups excluding carboxylic acids is 1. The molecule has 0 aliphatic heterocycles. The number of ether oxygens (including phenoxy) is 1. The molecule has 1 N–H and O–H groups in total. The van der Waals surface area contributed by atoms with Crippen LogP contribution in [0.1, 0.15) is 44.1 Å². The number of hydrogen-bond donors (Lipinski definition) is 1. The SMILES string of the molecule is COc1ccc(Br)cc1CN(C)CC(=O)NC1(C#N)CCCCCC1. The number of nitrogens with zero attached hydrogens (tertiary/aromatic N) is 2. The van der Waals surface area contributed by atoms with Crippen LogP contribution in [-0.4, -0.2) is 37.0 Å². The molecule has 6 heteroatoms. The van der Waals surface area contributed by atoms with E-state index in [-0.39, 0.29) is 12.5 Å². The second-order valence-electron chi connectivity index (χ2n) is 6.78. The highest BCUT2D eigenvalue weighted by Crippen LogP contribution is 2.27. The Morgan fingerprint density at radius 1 is 1.36 bits per heavy atom. The van der Waals surface area contributed by atoms with Crippen LogP contribution in [0.4, 0.5) is 0 Å². The van der Waals surface area contributed by atoms with Crippen molar-refractivity contribution in [2.24, 2.45) is 0 Å². The molecule has 1 aliphatic rings. The fraction of sp³-hybridized carbons (Fsp3) is 0.579. The molecule has 25 heavy (non-hydrogen) atoms. The number of nitriles is 1. The summed E-state index contributed by atoms with van der Waals surface area (Å²) in [5.74, 6) is 0.702. The number of benzene rings is 1. The van der Waals surface area contributed by atoms with E-state index >= 15 is 0 Å². The highest BCUT2D eigenvalue weighted by Gasteiger charge is 2.32. The number of carbonyl (C=O) groups is 1. The fourth-order valence-corrected chi connectivity index (χ4v) is 3.77. The fourth-order valence-electron chi connectivity index (χ4n) is 3.37. The van der Waals surface area contributed by atoms with Crippen LogP contribution in [0.25, 0.3) is 0 Å². The van der Waals surface area contributed by atoms with Gasteiger partial charge in [0.1, 0.15) is 11.3 Å². The Kier molecular flexibility index (Phi) is 7.27. The molecule has 0 heterocycles. The van der Waals surface area contributed by atoms with Gasteiger partial charge in [0.05, 0.1) is 19.7 Å². The Labute approximate surface area is 158 Å². The Bertz CT molecular complexity index is 634. The molecule has 0 aromatic heterocycles. The molecular weight excluding hydrogens is 382 g/mol. The van der Waals surface area contributed by atoms with E-state index in [1.165, 1.54) is 0 Å². The van der Waals surface area contributed by atoms with Crippen LogP contribution in [0, 0.1) is 11.3 Å². The standard InChI is InChI=1S/C19H26BrN3O2/c1-23(12-15-11-16(20)7-8-17(15)25-2)13-18(24)22-19(14-21)9-5-3-4-6-10-19/h7-8,11H,3-6,9-10,12-13H2,1-2H3,(H,22,24). The summed E-state index contributed by atoms with van der Waals surface area (Å²) in [6, 6.07) is 8.19. The zero-order chi connectivity index (χ0) is 18.3. The quantitative estimate of drug-likeness (QED) is 0.731. The molecule has 1 amide bonds. The Morgan fingerprint density at radius 2 is 2.04 bits per heavy atom. The second kappa shape index (κ2) is 9.21. The third kappa shape index (κ3) is 5.72. The number of amides is 1. The zero-order valence-corrected chi connectivity index (χ0v) is 16.6. The van der Waals surface area contributed by atoms with Crippen LogP contribution >= 0.6 is 15.9 Å². The third-order valence-electron chi connectivity index (χ3n) is 4.65. The number of rotatable bonds is 6. The Hall–Kier alpha value is -1.58. The van der Waals surface area contributed by atoms with Crippen molar-refractivity contribution in [3.05, 3.63) is 28.2 Å². The van der Waals surface area contributed by atoms with Gasteiger partial charge >= 0.3 is 0 Å². The van der Waals surface area contributed by atoms with Gasteiger partial charge in [0, 0.05) is 16.6 Å². The summed E-state index contributed by atoms with van der Waals surface area (Å²) < 4.78 is 6.36. The minimum absolute atomic E-state index is 0.0973. The summed E-state index contributed by atoms with van der Waals surface area (Å²) >= 11 is 3.47. The number of methoxy groups -OCH3 is 1. The van der Waals surface area contributed by atoms with Gasteiger partial charge in [0.2, 0.25) is 5.91 Å². The number of halogens is 1. The van der Waals surface area contributed by atoms with Crippen molar-refractivity contribution < 1.29 is 9.53 Å². The van der Waals surface area contributed by atoms with Crippen molar-refractivity contribution >= 4 is 21.8 Å². The molecular formula is C19H26BrN3O2. The molecule has 1 aromatic carbocycles. The van der Waals surface area contributed by atoms with E-state index in [0.29, 0.717) is 6.54 Å². The van der Waals surface area contributed by atoms with E-state index in [9.17, 15) is 10.1 Å². The van der Waals surface area contributed by atoms with Gasteiger partial charge in [-0.25, -0.2) is 0 Å². The maximum atomic E-state index is 12.5. The van der Waals surface area contributed by atoms with Gasteiger partial charge in [0.15, 0.2) is 0 Å². The first-order valence-corrected chi connectivity index (χ1v) is 9.50. The molecule has 1 fully saturated rings. The highest BCUT2D eigenvalue weighted by molar-refractivity contribution is 9.10. The van der Waals surface area contributed by atoms with Gasteiger partial charge in [0.25, 0.3) is 0 Å². The van der Waals surface area contributed by atoms with Crippen LogP contribution < -0.4 is 10.1 Å². The van der Waals surface area contributed by atoms with Crippen molar-refractivity contribution in [2.45, 2.75) is 50.6 Å². The van der Waals surface area contributed by atoms with Crippen LogP contribution in [-0.2, 0) is 11.3 Å². The van der Waals surface area contributed by atoms with Crippen molar-refractivity contribution in [1.29, 1.82) is 5.26 Å². The molecule has 0 radical (unpaired) electrons. The van der Waals surface area contributed by atoms with Gasteiger partial charge in [-0.05, 0) is 38.1 Å². The van der Waals surface area contributed by atoms with E-state index in [1.807, 2.05) is 30.1 Å². The average Bonchev–Trinajstić information content (AvgIpc) is 2.81. The van der Waals surface area contributed by atoms with Gasteiger partial charge in [-0.3, -0.25) is 9.69 Å². The summed E-state index contributed by atoms with van der Waals surface area (Å²) in [6.45, 7) is 0.842. The molecule has 0 unspecified atom stereocenters. The lowest BCUT2D eigenvalue weighted by molar-refractivity contribution is -0.123. The lowest BCUT2D eigenvalue weighted by Crippen LogP contribution is -2.50.